The molecule has 2 rings (SSSR count). The smallest absolute Gasteiger partial charge is 0.132 e. The fourth-order valence-corrected chi connectivity index (χ4v) is 2.38. The summed E-state index contributed by atoms with van der Waals surface area (Å²) in [6.07, 6.45) is 0.824. The second kappa shape index (κ2) is 6.47. The van der Waals surface area contributed by atoms with Gasteiger partial charge in [0.1, 0.15) is 22.5 Å². The lowest BCUT2D eigenvalue weighted by Crippen LogP contribution is -2.07. The zero-order valence-electron chi connectivity index (χ0n) is 11.5. The zero-order valence-corrected chi connectivity index (χ0v) is 12.3. The Hall–Kier alpha value is -1.69. The Labute approximate surface area is 117 Å². The van der Waals surface area contributed by atoms with Crippen LogP contribution in [-0.4, -0.2) is 21.5 Å². The van der Waals surface area contributed by atoms with Gasteiger partial charge in [-0.1, -0.05) is 6.92 Å². The molecule has 2 aromatic heterocycles. The first-order valence-corrected chi connectivity index (χ1v) is 7.36. The van der Waals surface area contributed by atoms with Gasteiger partial charge < -0.3 is 10.6 Å². The van der Waals surface area contributed by atoms with Crippen molar-refractivity contribution in [3.05, 3.63) is 28.0 Å². The summed E-state index contributed by atoms with van der Waals surface area (Å²) >= 11 is 1.66. The van der Waals surface area contributed by atoms with Crippen molar-refractivity contribution >= 4 is 23.0 Å². The van der Waals surface area contributed by atoms with Crippen LogP contribution in [0.5, 0.6) is 0 Å². The molecule has 0 aliphatic rings. The minimum atomic E-state index is 0.699. The van der Waals surface area contributed by atoms with Gasteiger partial charge in [-0.25, -0.2) is 15.0 Å². The third kappa shape index (κ3) is 3.89. The van der Waals surface area contributed by atoms with Crippen LogP contribution in [0.25, 0.3) is 0 Å². The summed E-state index contributed by atoms with van der Waals surface area (Å²) in [6, 6.07) is 1.93. The molecule has 0 saturated carbocycles. The quantitative estimate of drug-likeness (QED) is 0.850. The third-order valence-corrected chi connectivity index (χ3v) is 3.50. The zero-order chi connectivity index (χ0) is 13.7. The average Bonchev–Trinajstić information content (AvgIpc) is 2.82. The summed E-state index contributed by atoms with van der Waals surface area (Å²) in [5.74, 6) is 2.55. The second-order valence-corrected chi connectivity index (χ2v) is 5.12. The van der Waals surface area contributed by atoms with E-state index in [-0.39, 0.29) is 0 Å². The number of nitrogens with zero attached hydrogens (tertiary/aromatic N) is 3. The van der Waals surface area contributed by atoms with E-state index in [0.717, 1.165) is 41.1 Å². The monoisotopic (exact) mass is 277 g/mol. The summed E-state index contributed by atoms with van der Waals surface area (Å²) in [6.45, 7) is 7.66. The molecule has 0 aliphatic carbocycles. The van der Waals surface area contributed by atoms with E-state index in [1.54, 1.807) is 11.3 Å². The normalized spacial score (nSPS) is 10.5. The minimum Gasteiger partial charge on any atom is -0.370 e. The first kappa shape index (κ1) is 13.7. The predicted molar refractivity (Wildman–Crippen MR) is 79.8 cm³/mol. The lowest BCUT2D eigenvalue weighted by Gasteiger charge is -2.09. The molecule has 0 unspecified atom stereocenters. The molecule has 0 fully saturated rings. The molecule has 0 atom stereocenters. The van der Waals surface area contributed by atoms with Crippen LogP contribution in [0, 0.1) is 6.92 Å². The maximum atomic E-state index is 4.47. The molecule has 2 aromatic rings. The summed E-state index contributed by atoms with van der Waals surface area (Å²) < 4.78 is 0. The van der Waals surface area contributed by atoms with Crippen LogP contribution in [0.4, 0.5) is 11.6 Å². The highest BCUT2D eigenvalue weighted by Gasteiger charge is 2.04. The Morgan fingerprint density at radius 1 is 1.11 bits per heavy atom. The molecular weight excluding hydrogens is 258 g/mol. The van der Waals surface area contributed by atoms with Gasteiger partial charge in [0.2, 0.25) is 0 Å². The van der Waals surface area contributed by atoms with Gasteiger partial charge in [0, 0.05) is 30.1 Å². The van der Waals surface area contributed by atoms with E-state index < -0.39 is 0 Å². The molecule has 2 N–H and O–H groups in total. The van der Waals surface area contributed by atoms with Crippen LogP contribution in [-0.2, 0) is 13.0 Å². The fraction of sp³-hybridized carbons (Fsp3) is 0.462. The number of hydrogen-bond acceptors (Lipinski definition) is 6. The second-order valence-electron chi connectivity index (χ2n) is 4.17. The molecule has 19 heavy (non-hydrogen) atoms. The first-order chi connectivity index (χ1) is 9.21. The van der Waals surface area contributed by atoms with E-state index in [4.69, 9.17) is 0 Å². The molecule has 102 valence electrons. The molecule has 0 radical (unpaired) electrons. The van der Waals surface area contributed by atoms with Crippen LogP contribution >= 0.6 is 11.3 Å². The Morgan fingerprint density at radius 3 is 2.42 bits per heavy atom. The van der Waals surface area contributed by atoms with Crippen LogP contribution in [0.15, 0.2) is 11.4 Å². The van der Waals surface area contributed by atoms with Crippen LogP contribution in [0.1, 0.15) is 30.4 Å². The standard InChI is InChI=1S/C13H19N5S/c1-4-10-17-11(14-5-2)6-12(18-10)15-7-13-16-9(3)8-19-13/h6,8H,4-5,7H2,1-3H3,(H2,14,15,17,18). The number of rotatable bonds is 6. The Balaban J connectivity index is 2.08. The highest BCUT2D eigenvalue weighted by molar-refractivity contribution is 7.09. The topological polar surface area (TPSA) is 62.7 Å². The van der Waals surface area contributed by atoms with Gasteiger partial charge in [-0.2, -0.15) is 0 Å². The van der Waals surface area contributed by atoms with Crippen molar-refractivity contribution in [2.24, 2.45) is 0 Å². The Morgan fingerprint density at radius 2 is 1.84 bits per heavy atom. The van der Waals surface area contributed by atoms with Crippen LogP contribution in [0.2, 0.25) is 0 Å². The van der Waals surface area contributed by atoms with Crippen molar-refractivity contribution in [2.75, 3.05) is 17.2 Å². The number of nitrogens with one attached hydrogen (secondary N) is 2. The number of hydrogen-bond donors (Lipinski definition) is 2. The molecule has 0 bridgehead atoms. The highest BCUT2D eigenvalue weighted by atomic mass is 32.1. The minimum absolute atomic E-state index is 0.699. The molecule has 0 saturated heterocycles. The number of aromatic nitrogens is 3. The molecule has 5 nitrogen and oxygen atoms in total. The number of aryl methyl sites for hydroxylation is 2. The molecular formula is C13H19N5S. The molecule has 0 aliphatic heterocycles. The van der Waals surface area contributed by atoms with Crippen LogP contribution < -0.4 is 10.6 Å². The largest absolute Gasteiger partial charge is 0.370 e. The van der Waals surface area contributed by atoms with Gasteiger partial charge in [0.05, 0.1) is 6.54 Å². The summed E-state index contributed by atoms with van der Waals surface area (Å²) in [5, 5.41) is 9.65. The van der Waals surface area contributed by atoms with E-state index in [9.17, 15) is 0 Å². The van der Waals surface area contributed by atoms with Crippen molar-refractivity contribution in [3.8, 4) is 0 Å². The highest BCUT2D eigenvalue weighted by Crippen LogP contribution is 2.14. The van der Waals surface area contributed by atoms with Crippen molar-refractivity contribution in [1.29, 1.82) is 0 Å². The summed E-state index contributed by atoms with van der Waals surface area (Å²) in [4.78, 5) is 13.3. The summed E-state index contributed by atoms with van der Waals surface area (Å²) in [5.41, 5.74) is 1.06. The third-order valence-electron chi connectivity index (χ3n) is 2.53. The van der Waals surface area contributed by atoms with Gasteiger partial charge in [-0.3, -0.25) is 0 Å². The van der Waals surface area contributed by atoms with Crippen molar-refractivity contribution in [1.82, 2.24) is 15.0 Å². The lowest BCUT2D eigenvalue weighted by atomic mass is 10.4. The van der Waals surface area contributed by atoms with Gasteiger partial charge >= 0.3 is 0 Å². The Bertz CT molecular complexity index is 538. The molecule has 2 heterocycles. The van der Waals surface area contributed by atoms with Crippen molar-refractivity contribution < 1.29 is 0 Å². The van der Waals surface area contributed by atoms with Crippen LogP contribution in [0.3, 0.4) is 0 Å². The summed E-state index contributed by atoms with van der Waals surface area (Å²) in [7, 11) is 0. The number of thiazole rings is 1. The van der Waals surface area contributed by atoms with E-state index in [0.29, 0.717) is 6.54 Å². The predicted octanol–water partition coefficient (Wildman–Crippen LogP) is 2.85. The van der Waals surface area contributed by atoms with Gasteiger partial charge in [-0.15, -0.1) is 11.3 Å². The van der Waals surface area contributed by atoms with Crippen molar-refractivity contribution in [3.63, 3.8) is 0 Å². The average molecular weight is 277 g/mol. The maximum absolute atomic E-state index is 4.47. The van der Waals surface area contributed by atoms with E-state index in [1.807, 2.05) is 13.0 Å². The fourth-order valence-electron chi connectivity index (χ4n) is 1.67. The molecule has 0 aromatic carbocycles. The van der Waals surface area contributed by atoms with E-state index in [1.165, 1.54) is 0 Å². The Kier molecular flexibility index (Phi) is 4.68. The van der Waals surface area contributed by atoms with E-state index in [2.05, 4.69) is 44.8 Å². The molecule has 6 heteroatoms. The maximum Gasteiger partial charge on any atom is 0.132 e. The molecule has 0 amide bonds. The van der Waals surface area contributed by atoms with E-state index >= 15 is 0 Å². The first-order valence-electron chi connectivity index (χ1n) is 6.48. The van der Waals surface area contributed by atoms with Gasteiger partial charge in [-0.05, 0) is 13.8 Å². The van der Waals surface area contributed by atoms with Gasteiger partial charge in [0.15, 0.2) is 0 Å². The SMILES string of the molecule is CCNc1cc(NCc2nc(C)cs2)nc(CC)n1. The molecule has 0 spiro atoms. The van der Waals surface area contributed by atoms with Gasteiger partial charge in [0.25, 0.3) is 0 Å². The lowest BCUT2D eigenvalue weighted by molar-refractivity contribution is 0.927. The number of anilines is 2. The van der Waals surface area contributed by atoms with Crippen molar-refractivity contribution in [2.45, 2.75) is 33.7 Å².